The van der Waals surface area contributed by atoms with Crippen molar-refractivity contribution in [1.82, 2.24) is 0 Å². The van der Waals surface area contributed by atoms with Gasteiger partial charge in [-0.1, -0.05) is 19.1 Å². The number of hydrogen-bond donors (Lipinski definition) is 3. The van der Waals surface area contributed by atoms with Gasteiger partial charge in [-0.25, -0.2) is 0 Å². The van der Waals surface area contributed by atoms with Crippen LogP contribution in [0.4, 0.5) is 0 Å². The molecule has 5 heteroatoms. The molecule has 1 saturated carbocycles. The van der Waals surface area contributed by atoms with Gasteiger partial charge in [0.25, 0.3) is 0 Å². The lowest BCUT2D eigenvalue weighted by Crippen LogP contribution is -2.59. The maximum absolute atomic E-state index is 12.5. The van der Waals surface area contributed by atoms with Crippen LogP contribution in [0.3, 0.4) is 0 Å². The van der Waals surface area contributed by atoms with Crippen LogP contribution in [0.1, 0.15) is 33.1 Å². The first-order chi connectivity index (χ1) is 10.2. The summed E-state index contributed by atoms with van der Waals surface area (Å²) in [5.74, 6) is -1.93. The minimum atomic E-state index is -1.73. The molecule has 0 aromatic carbocycles. The Morgan fingerprint density at radius 2 is 1.91 bits per heavy atom. The van der Waals surface area contributed by atoms with Crippen LogP contribution in [-0.4, -0.2) is 44.7 Å². The Morgan fingerprint density at radius 1 is 1.23 bits per heavy atom. The molecule has 22 heavy (non-hydrogen) atoms. The number of hydrogen-bond acceptors (Lipinski definition) is 5. The van der Waals surface area contributed by atoms with Crippen molar-refractivity contribution in [2.75, 3.05) is 6.61 Å². The van der Waals surface area contributed by atoms with Crippen LogP contribution in [-0.2, 0) is 9.59 Å². The fraction of sp³-hybridized carbons (Fsp3) is 0.647. The fourth-order valence-electron chi connectivity index (χ4n) is 4.54. The van der Waals surface area contributed by atoms with E-state index in [9.17, 15) is 24.9 Å². The smallest absolute Gasteiger partial charge is 0.190 e. The Morgan fingerprint density at radius 3 is 2.55 bits per heavy atom. The average molecular weight is 306 g/mol. The molecule has 0 aromatic rings. The van der Waals surface area contributed by atoms with E-state index in [1.807, 2.05) is 0 Å². The number of Topliss-reactive ketones (excluding diaryl/α,β-unsaturated/α-hetero) is 2. The lowest BCUT2D eigenvalue weighted by molar-refractivity contribution is -0.170. The molecule has 1 fully saturated rings. The third-order valence-corrected chi connectivity index (χ3v) is 5.68. The van der Waals surface area contributed by atoms with Crippen LogP contribution in [0, 0.1) is 17.8 Å². The molecule has 3 N–H and O–H groups in total. The number of fused-ring (bicyclic) bond motifs is 3. The topological polar surface area (TPSA) is 94.8 Å². The van der Waals surface area contributed by atoms with Crippen LogP contribution >= 0.6 is 0 Å². The maximum Gasteiger partial charge on any atom is 0.190 e. The van der Waals surface area contributed by atoms with Crippen LogP contribution < -0.4 is 0 Å². The summed E-state index contributed by atoms with van der Waals surface area (Å²) in [6.07, 6.45) is 3.76. The van der Waals surface area contributed by atoms with Crippen molar-refractivity contribution in [2.45, 2.75) is 44.3 Å². The van der Waals surface area contributed by atoms with Crippen LogP contribution in [0.15, 0.2) is 23.3 Å². The van der Waals surface area contributed by atoms with Crippen molar-refractivity contribution in [2.24, 2.45) is 17.8 Å². The van der Waals surface area contributed by atoms with E-state index in [4.69, 9.17) is 0 Å². The highest BCUT2D eigenvalue weighted by Gasteiger charge is 2.63. The van der Waals surface area contributed by atoms with Gasteiger partial charge in [0.2, 0.25) is 0 Å². The fourth-order valence-corrected chi connectivity index (χ4v) is 4.54. The number of aliphatic hydroxyl groups excluding tert-OH is 1. The first-order valence-corrected chi connectivity index (χ1v) is 7.73. The number of rotatable bonds is 1. The van der Waals surface area contributed by atoms with Gasteiger partial charge in [-0.05, 0) is 24.0 Å². The molecule has 0 heterocycles. The molecule has 0 spiro atoms. The summed E-state index contributed by atoms with van der Waals surface area (Å²) in [5.41, 5.74) is -2.14. The van der Waals surface area contributed by atoms with Crippen LogP contribution in [0.5, 0.6) is 0 Å². The SMILES string of the molecule is CC1=CC2C(O)(CC(CO)=CC3CC(=O)CC(C)C32O)C1=O. The molecule has 0 aliphatic heterocycles. The van der Waals surface area contributed by atoms with Gasteiger partial charge in [0.15, 0.2) is 5.78 Å². The summed E-state index contributed by atoms with van der Waals surface area (Å²) in [7, 11) is 0. The summed E-state index contributed by atoms with van der Waals surface area (Å²) in [4.78, 5) is 24.4. The number of carbonyl (C=O) groups excluding carboxylic acids is 2. The molecule has 5 unspecified atom stereocenters. The van der Waals surface area contributed by atoms with Gasteiger partial charge in [0.05, 0.1) is 12.2 Å². The Bertz CT molecular complexity index is 604. The van der Waals surface area contributed by atoms with Crippen molar-refractivity contribution < 1.29 is 24.9 Å². The highest BCUT2D eigenvalue weighted by molar-refractivity contribution is 6.05. The predicted octanol–water partition coefficient (Wildman–Crippen LogP) is 0.531. The van der Waals surface area contributed by atoms with Gasteiger partial charge in [-0.3, -0.25) is 9.59 Å². The highest BCUT2D eigenvalue weighted by atomic mass is 16.3. The Kier molecular flexibility index (Phi) is 3.43. The molecule has 5 atom stereocenters. The second-order valence-corrected chi connectivity index (χ2v) is 7.08. The first-order valence-electron chi connectivity index (χ1n) is 7.73. The normalized spacial score (nSPS) is 44.9. The second-order valence-electron chi connectivity index (χ2n) is 7.08. The highest BCUT2D eigenvalue weighted by Crippen LogP contribution is 2.53. The number of ketones is 2. The van der Waals surface area contributed by atoms with E-state index in [0.717, 1.165) is 0 Å². The third-order valence-electron chi connectivity index (χ3n) is 5.68. The van der Waals surface area contributed by atoms with E-state index in [-0.39, 0.29) is 37.6 Å². The monoisotopic (exact) mass is 306 g/mol. The summed E-state index contributed by atoms with van der Waals surface area (Å²) in [6.45, 7) is 3.12. The molecule has 5 nitrogen and oxygen atoms in total. The molecule has 0 aromatic heterocycles. The lowest BCUT2D eigenvalue weighted by atomic mass is 9.60. The number of carbonyl (C=O) groups is 2. The van der Waals surface area contributed by atoms with E-state index in [1.165, 1.54) is 0 Å². The zero-order valence-electron chi connectivity index (χ0n) is 12.9. The van der Waals surface area contributed by atoms with Gasteiger partial charge in [-0.15, -0.1) is 0 Å². The zero-order valence-corrected chi connectivity index (χ0v) is 12.9. The minimum Gasteiger partial charge on any atom is -0.392 e. The first kappa shape index (κ1) is 15.6. The van der Waals surface area contributed by atoms with Crippen LogP contribution in [0.25, 0.3) is 0 Å². The van der Waals surface area contributed by atoms with Crippen molar-refractivity contribution in [3.8, 4) is 0 Å². The average Bonchev–Trinajstić information content (AvgIpc) is 2.62. The minimum absolute atomic E-state index is 0.000556. The third kappa shape index (κ3) is 1.89. The van der Waals surface area contributed by atoms with E-state index in [1.54, 1.807) is 26.0 Å². The zero-order chi connectivity index (χ0) is 16.3. The molecule has 0 bridgehead atoms. The van der Waals surface area contributed by atoms with E-state index < -0.39 is 28.8 Å². The molecule has 3 rings (SSSR count). The quantitative estimate of drug-likeness (QED) is 0.614. The molecule has 3 aliphatic rings. The van der Waals surface area contributed by atoms with Crippen molar-refractivity contribution >= 4 is 11.6 Å². The van der Waals surface area contributed by atoms with E-state index >= 15 is 0 Å². The Labute approximate surface area is 129 Å². The summed E-state index contributed by atoms with van der Waals surface area (Å²) in [6, 6.07) is 0. The lowest BCUT2D eigenvalue weighted by Gasteiger charge is -2.48. The molecular weight excluding hydrogens is 284 g/mol. The van der Waals surface area contributed by atoms with Crippen LogP contribution in [0.2, 0.25) is 0 Å². The molecule has 0 amide bonds. The standard InChI is InChI=1S/C17H22O5/c1-9-3-14-16(21,15(9)20)7-11(8-18)5-12-6-13(19)4-10(2)17(12,14)22/h3,5,10,12,14,18,21-22H,4,6-8H2,1-2H3. The summed E-state index contributed by atoms with van der Waals surface area (Å²) >= 11 is 0. The molecule has 3 aliphatic carbocycles. The number of aliphatic hydroxyl groups is 3. The van der Waals surface area contributed by atoms with Crippen molar-refractivity contribution in [3.63, 3.8) is 0 Å². The van der Waals surface area contributed by atoms with Gasteiger partial charge < -0.3 is 15.3 Å². The van der Waals surface area contributed by atoms with Gasteiger partial charge in [-0.2, -0.15) is 0 Å². The molecule has 0 radical (unpaired) electrons. The molecule has 0 saturated heterocycles. The summed E-state index contributed by atoms with van der Waals surface area (Å²) < 4.78 is 0. The predicted molar refractivity (Wildman–Crippen MR) is 78.8 cm³/mol. The van der Waals surface area contributed by atoms with Crippen molar-refractivity contribution in [3.05, 3.63) is 23.3 Å². The van der Waals surface area contributed by atoms with Gasteiger partial charge in [0, 0.05) is 31.1 Å². The second kappa shape index (κ2) is 4.85. The van der Waals surface area contributed by atoms with Crippen molar-refractivity contribution in [1.29, 1.82) is 0 Å². The van der Waals surface area contributed by atoms with Gasteiger partial charge >= 0.3 is 0 Å². The summed E-state index contributed by atoms with van der Waals surface area (Å²) in [5, 5.41) is 32.0. The van der Waals surface area contributed by atoms with E-state index in [0.29, 0.717) is 11.1 Å². The Balaban J connectivity index is 2.18. The van der Waals surface area contributed by atoms with Gasteiger partial charge in [0.1, 0.15) is 11.4 Å². The Hall–Kier alpha value is -1.30. The molecule has 120 valence electrons. The largest absolute Gasteiger partial charge is 0.392 e. The van der Waals surface area contributed by atoms with E-state index in [2.05, 4.69) is 0 Å². The maximum atomic E-state index is 12.5. The molecular formula is C17H22O5.